The Morgan fingerprint density at radius 1 is 0.825 bits per heavy atom. The summed E-state index contributed by atoms with van der Waals surface area (Å²) in [5, 5.41) is 0. The lowest BCUT2D eigenvalue weighted by molar-refractivity contribution is -0.0500. The number of benzene rings is 1. The highest BCUT2D eigenvalue weighted by atomic mass is 19.3. The first kappa shape index (κ1) is 30.5. The van der Waals surface area contributed by atoms with Gasteiger partial charge in [0.05, 0.1) is 37.1 Å². The first-order chi connectivity index (χ1) is 19.4. The second-order valence-corrected chi connectivity index (χ2v) is 11.0. The Labute approximate surface area is 235 Å². The third-order valence-electron chi connectivity index (χ3n) is 7.74. The molecule has 1 saturated carbocycles. The van der Waals surface area contributed by atoms with E-state index in [0.29, 0.717) is 38.4 Å². The number of halogens is 4. The molecule has 2 aromatic rings. The SMILES string of the molecule is CCCCOCCCCOc1cc2c(c(F)c1F)C(F)(F)C(c1ncc(OCCCCCCC3CC3)cn1)CC2. The van der Waals surface area contributed by atoms with E-state index in [1.165, 1.54) is 50.6 Å². The summed E-state index contributed by atoms with van der Waals surface area (Å²) in [5.41, 5.74) is -0.876. The molecular formula is C31H42F4N2O3. The van der Waals surface area contributed by atoms with Gasteiger partial charge in [-0.05, 0) is 56.1 Å². The van der Waals surface area contributed by atoms with Gasteiger partial charge >= 0.3 is 0 Å². The van der Waals surface area contributed by atoms with Crippen LogP contribution < -0.4 is 9.47 Å². The molecule has 0 spiro atoms. The minimum Gasteiger partial charge on any atom is -0.490 e. The van der Waals surface area contributed by atoms with Crippen molar-refractivity contribution >= 4 is 0 Å². The van der Waals surface area contributed by atoms with E-state index < -0.39 is 29.0 Å². The molecule has 1 unspecified atom stereocenters. The minimum atomic E-state index is -3.67. The summed E-state index contributed by atoms with van der Waals surface area (Å²) in [6.45, 7) is 4.00. The number of aryl methyl sites for hydroxylation is 1. The van der Waals surface area contributed by atoms with Crippen molar-refractivity contribution in [2.24, 2.45) is 5.92 Å². The number of nitrogens with zero attached hydrogens (tertiary/aromatic N) is 2. The van der Waals surface area contributed by atoms with Gasteiger partial charge in [0.1, 0.15) is 5.82 Å². The molecular weight excluding hydrogens is 524 g/mol. The molecule has 5 nitrogen and oxygen atoms in total. The monoisotopic (exact) mass is 566 g/mol. The second kappa shape index (κ2) is 15.0. The molecule has 4 rings (SSSR count). The molecule has 9 heteroatoms. The molecule has 0 N–H and O–H groups in total. The van der Waals surface area contributed by atoms with Crippen LogP contribution in [0.15, 0.2) is 18.5 Å². The van der Waals surface area contributed by atoms with Crippen molar-refractivity contribution < 1.29 is 31.8 Å². The summed E-state index contributed by atoms with van der Waals surface area (Å²) >= 11 is 0. The predicted molar refractivity (Wildman–Crippen MR) is 145 cm³/mol. The highest BCUT2D eigenvalue weighted by Crippen LogP contribution is 2.51. The van der Waals surface area contributed by atoms with Crippen molar-refractivity contribution in [3.63, 3.8) is 0 Å². The average Bonchev–Trinajstić information content (AvgIpc) is 3.77. The summed E-state index contributed by atoms with van der Waals surface area (Å²) in [5.74, 6) is -7.17. The van der Waals surface area contributed by atoms with Gasteiger partial charge in [0.15, 0.2) is 17.3 Å². The van der Waals surface area contributed by atoms with Gasteiger partial charge in [0.2, 0.25) is 5.82 Å². The van der Waals surface area contributed by atoms with Gasteiger partial charge in [-0.2, -0.15) is 4.39 Å². The highest BCUT2D eigenvalue weighted by molar-refractivity contribution is 5.44. The van der Waals surface area contributed by atoms with Gasteiger partial charge in [-0.15, -0.1) is 0 Å². The normalized spacial score (nSPS) is 18.0. The minimum absolute atomic E-state index is 0.000667. The Morgan fingerprint density at radius 2 is 1.50 bits per heavy atom. The third kappa shape index (κ3) is 8.30. The van der Waals surface area contributed by atoms with Crippen molar-refractivity contribution in [2.75, 3.05) is 26.4 Å². The van der Waals surface area contributed by atoms with Gasteiger partial charge in [-0.25, -0.2) is 23.1 Å². The van der Waals surface area contributed by atoms with Crippen LogP contribution in [-0.4, -0.2) is 36.4 Å². The molecule has 2 aliphatic carbocycles. The van der Waals surface area contributed by atoms with Crippen LogP contribution in [0.2, 0.25) is 0 Å². The van der Waals surface area contributed by atoms with Crippen LogP contribution in [0.5, 0.6) is 11.5 Å². The molecule has 1 aromatic carbocycles. The van der Waals surface area contributed by atoms with Crippen molar-refractivity contribution in [3.05, 3.63) is 47.0 Å². The molecule has 1 heterocycles. The summed E-state index contributed by atoms with van der Waals surface area (Å²) < 4.78 is 77.4. The van der Waals surface area contributed by atoms with E-state index in [-0.39, 0.29) is 36.6 Å². The number of aromatic nitrogens is 2. The van der Waals surface area contributed by atoms with Crippen LogP contribution in [0.25, 0.3) is 0 Å². The van der Waals surface area contributed by atoms with E-state index in [0.717, 1.165) is 31.6 Å². The van der Waals surface area contributed by atoms with E-state index >= 15 is 13.2 Å². The van der Waals surface area contributed by atoms with Gasteiger partial charge in [-0.3, -0.25) is 0 Å². The molecule has 0 aliphatic heterocycles. The maximum atomic E-state index is 15.5. The lowest BCUT2D eigenvalue weighted by Gasteiger charge is -2.33. The van der Waals surface area contributed by atoms with Gasteiger partial charge in [-0.1, -0.05) is 51.9 Å². The first-order valence-electron chi connectivity index (χ1n) is 15.0. The van der Waals surface area contributed by atoms with Crippen LogP contribution >= 0.6 is 0 Å². The Bertz CT molecular complexity index is 1060. The second-order valence-electron chi connectivity index (χ2n) is 11.0. The van der Waals surface area contributed by atoms with E-state index in [1.54, 1.807) is 0 Å². The largest absolute Gasteiger partial charge is 0.490 e. The molecule has 40 heavy (non-hydrogen) atoms. The van der Waals surface area contributed by atoms with E-state index in [4.69, 9.17) is 14.2 Å². The van der Waals surface area contributed by atoms with E-state index in [2.05, 4.69) is 16.9 Å². The molecule has 0 radical (unpaired) electrons. The lowest BCUT2D eigenvalue weighted by atomic mass is 9.79. The molecule has 0 amide bonds. The smallest absolute Gasteiger partial charge is 0.286 e. The number of alkyl halides is 2. The fourth-order valence-electron chi connectivity index (χ4n) is 5.16. The summed E-state index contributed by atoms with van der Waals surface area (Å²) in [7, 11) is 0. The quantitative estimate of drug-likeness (QED) is 0.134. The van der Waals surface area contributed by atoms with Crippen LogP contribution in [-0.2, 0) is 17.1 Å². The van der Waals surface area contributed by atoms with Crippen LogP contribution in [0, 0.1) is 17.6 Å². The third-order valence-corrected chi connectivity index (χ3v) is 7.74. The van der Waals surface area contributed by atoms with E-state index in [9.17, 15) is 4.39 Å². The van der Waals surface area contributed by atoms with Gasteiger partial charge < -0.3 is 14.2 Å². The summed E-state index contributed by atoms with van der Waals surface area (Å²) in [6, 6.07) is 1.21. The summed E-state index contributed by atoms with van der Waals surface area (Å²) in [6.07, 6.45) is 14.8. The average molecular weight is 567 g/mol. The molecule has 1 aromatic heterocycles. The molecule has 0 bridgehead atoms. The topological polar surface area (TPSA) is 53.5 Å². The zero-order valence-corrected chi connectivity index (χ0v) is 23.5. The zero-order chi connectivity index (χ0) is 28.4. The molecule has 222 valence electrons. The number of fused-ring (bicyclic) bond motifs is 1. The Balaban J connectivity index is 1.28. The number of hydrogen-bond acceptors (Lipinski definition) is 5. The Kier molecular flexibility index (Phi) is 11.4. The van der Waals surface area contributed by atoms with Crippen LogP contribution in [0.3, 0.4) is 0 Å². The summed E-state index contributed by atoms with van der Waals surface area (Å²) in [4.78, 5) is 8.22. The van der Waals surface area contributed by atoms with Crippen molar-refractivity contribution in [2.45, 2.75) is 102 Å². The Morgan fingerprint density at radius 3 is 2.25 bits per heavy atom. The first-order valence-corrected chi connectivity index (χ1v) is 15.0. The maximum absolute atomic E-state index is 15.5. The van der Waals surface area contributed by atoms with Crippen LogP contribution in [0.4, 0.5) is 17.6 Å². The fourth-order valence-corrected chi connectivity index (χ4v) is 5.16. The van der Waals surface area contributed by atoms with Crippen molar-refractivity contribution in [1.82, 2.24) is 9.97 Å². The lowest BCUT2D eigenvalue weighted by Crippen LogP contribution is -2.33. The molecule has 0 saturated heterocycles. The molecule has 1 fully saturated rings. The number of rotatable bonds is 18. The molecule has 1 atom stereocenters. The fraction of sp³-hybridized carbons (Fsp3) is 0.677. The zero-order valence-electron chi connectivity index (χ0n) is 23.5. The molecule has 2 aliphatic rings. The van der Waals surface area contributed by atoms with Crippen molar-refractivity contribution in [1.29, 1.82) is 0 Å². The number of ether oxygens (including phenoxy) is 3. The standard InChI is InChI=1S/C31H42F4N2O3/c1-2-3-15-38-16-8-9-18-40-26-19-23-13-14-25(31(34,35)27(23)29(33)28(26)32)30-36-20-24(21-37-30)39-17-7-5-4-6-10-22-11-12-22/h19-22,25H,2-18H2,1H3. The highest BCUT2D eigenvalue weighted by Gasteiger charge is 2.50. The van der Waals surface area contributed by atoms with Gasteiger partial charge in [0, 0.05) is 13.2 Å². The van der Waals surface area contributed by atoms with Crippen LogP contribution in [0.1, 0.15) is 107 Å². The number of hydrogen-bond donors (Lipinski definition) is 0. The van der Waals surface area contributed by atoms with E-state index in [1.807, 2.05) is 0 Å². The predicted octanol–water partition coefficient (Wildman–Crippen LogP) is 8.29. The number of unbranched alkanes of at least 4 members (excludes halogenated alkanes) is 5. The van der Waals surface area contributed by atoms with Gasteiger partial charge in [0.25, 0.3) is 5.92 Å². The Hall–Kier alpha value is -2.42. The van der Waals surface area contributed by atoms with Crippen molar-refractivity contribution in [3.8, 4) is 11.5 Å². The maximum Gasteiger partial charge on any atom is 0.286 e.